The second-order valence-electron chi connectivity index (χ2n) is 5.74. The van der Waals surface area contributed by atoms with Crippen molar-refractivity contribution in [1.82, 2.24) is 5.32 Å². The number of hydrogen-bond donors (Lipinski definition) is 1. The monoisotopic (exact) mass is 311 g/mol. The average molecular weight is 311 g/mol. The Labute approximate surface area is 138 Å². The summed E-state index contributed by atoms with van der Waals surface area (Å²) >= 11 is 0. The maximum absolute atomic E-state index is 12.3. The normalized spacial score (nSPS) is 11.8. The van der Waals surface area contributed by atoms with Crippen LogP contribution in [0, 0.1) is 13.8 Å². The van der Waals surface area contributed by atoms with Crippen LogP contribution in [0.15, 0.2) is 48.5 Å². The van der Waals surface area contributed by atoms with E-state index in [-0.39, 0.29) is 5.91 Å². The molecule has 1 N–H and O–H groups in total. The van der Waals surface area contributed by atoms with E-state index in [2.05, 4.69) is 17.4 Å². The van der Waals surface area contributed by atoms with Gasteiger partial charge in [-0.05, 0) is 49.4 Å². The Morgan fingerprint density at radius 3 is 2.52 bits per heavy atom. The molecule has 0 bridgehead atoms. The molecule has 0 aromatic heterocycles. The summed E-state index contributed by atoms with van der Waals surface area (Å²) in [6.07, 6.45) is 1.02. The molecule has 3 nitrogen and oxygen atoms in total. The lowest BCUT2D eigenvalue weighted by Crippen LogP contribution is -2.39. The van der Waals surface area contributed by atoms with Crippen molar-refractivity contribution in [2.24, 2.45) is 0 Å². The van der Waals surface area contributed by atoms with Gasteiger partial charge in [-0.2, -0.15) is 0 Å². The SMILES string of the molecule is CC[C@H](Oc1cccc(C)c1C)C(=O)NCCc1ccccc1. The highest BCUT2D eigenvalue weighted by atomic mass is 16.5. The van der Waals surface area contributed by atoms with Crippen LogP contribution >= 0.6 is 0 Å². The minimum Gasteiger partial charge on any atom is -0.480 e. The zero-order valence-electron chi connectivity index (χ0n) is 14.1. The van der Waals surface area contributed by atoms with E-state index in [0.29, 0.717) is 13.0 Å². The first-order valence-electron chi connectivity index (χ1n) is 8.16. The minimum absolute atomic E-state index is 0.0515. The smallest absolute Gasteiger partial charge is 0.261 e. The number of benzene rings is 2. The Balaban J connectivity index is 1.89. The van der Waals surface area contributed by atoms with Crippen molar-refractivity contribution >= 4 is 5.91 Å². The number of aryl methyl sites for hydroxylation is 1. The van der Waals surface area contributed by atoms with Crippen LogP contribution in [-0.4, -0.2) is 18.6 Å². The van der Waals surface area contributed by atoms with Crippen molar-refractivity contribution in [3.8, 4) is 5.75 Å². The van der Waals surface area contributed by atoms with E-state index in [1.807, 2.05) is 57.2 Å². The summed E-state index contributed by atoms with van der Waals surface area (Å²) in [5.41, 5.74) is 3.47. The van der Waals surface area contributed by atoms with Crippen LogP contribution in [0.25, 0.3) is 0 Å². The molecule has 23 heavy (non-hydrogen) atoms. The van der Waals surface area contributed by atoms with Gasteiger partial charge in [0, 0.05) is 6.54 Å². The minimum atomic E-state index is -0.453. The van der Waals surface area contributed by atoms with Crippen molar-refractivity contribution in [2.45, 2.75) is 39.7 Å². The van der Waals surface area contributed by atoms with Crippen molar-refractivity contribution in [3.05, 3.63) is 65.2 Å². The third-order valence-electron chi connectivity index (χ3n) is 4.04. The molecule has 0 saturated carbocycles. The zero-order valence-corrected chi connectivity index (χ0v) is 14.1. The molecule has 0 aliphatic carbocycles. The Morgan fingerprint density at radius 1 is 1.09 bits per heavy atom. The van der Waals surface area contributed by atoms with Gasteiger partial charge in [0.05, 0.1) is 0 Å². The van der Waals surface area contributed by atoms with Crippen LogP contribution in [0.4, 0.5) is 0 Å². The van der Waals surface area contributed by atoms with Crippen molar-refractivity contribution in [3.63, 3.8) is 0 Å². The first kappa shape index (κ1) is 17.1. The summed E-state index contributed by atoms with van der Waals surface area (Å²) in [6.45, 7) is 6.65. The number of amides is 1. The molecule has 1 amide bonds. The van der Waals surface area contributed by atoms with Gasteiger partial charge in [0.1, 0.15) is 5.75 Å². The fourth-order valence-corrected chi connectivity index (χ4v) is 2.42. The Hall–Kier alpha value is -2.29. The van der Waals surface area contributed by atoms with Gasteiger partial charge in [-0.3, -0.25) is 4.79 Å². The summed E-state index contributed by atoms with van der Waals surface area (Å²) in [7, 11) is 0. The van der Waals surface area contributed by atoms with E-state index in [0.717, 1.165) is 17.7 Å². The molecule has 0 unspecified atom stereocenters. The fourth-order valence-electron chi connectivity index (χ4n) is 2.42. The molecule has 0 saturated heterocycles. The summed E-state index contributed by atoms with van der Waals surface area (Å²) in [5.74, 6) is 0.736. The summed E-state index contributed by atoms with van der Waals surface area (Å²) in [6, 6.07) is 16.1. The Kier molecular flexibility index (Phi) is 6.21. The number of carbonyl (C=O) groups excluding carboxylic acids is 1. The molecule has 0 aliphatic rings. The van der Waals surface area contributed by atoms with Gasteiger partial charge in [0.25, 0.3) is 5.91 Å². The molecule has 0 fully saturated rings. The maximum Gasteiger partial charge on any atom is 0.261 e. The first-order chi connectivity index (χ1) is 11.1. The summed E-state index contributed by atoms with van der Waals surface area (Å²) < 4.78 is 5.93. The number of carbonyl (C=O) groups is 1. The number of ether oxygens (including phenoxy) is 1. The van der Waals surface area contributed by atoms with E-state index in [1.165, 1.54) is 11.1 Å². The maximum atomic E-state index is 12.3. The van der Waals surface area contributed by atoms with Gasteiger partial charge in [-0.25, -0.2) is 0 Å². The topological polar surface area (TPSA) is 38.3 Å². The van der Waals surface area contributed by atoms with E-state index in [9.17, 15) is 4.79 Å². The van der Waals surface area contributed by atoms with E-state index < -0.39 is 6.10 Å². The molecule has 0 heterocycles. The summed E-state index contributed by atoms with van der Waals surface area (Å²) in [5, 5.41) is 2.97. The van der Waals surface area contributed by atoms with Crippen LogP contribution in [-0.2, 0) is 11.2 Å². The van der Waals surface area contributed by atoms with Gasteiger partial charge >= 0.3 is 0 Å². The average Bonchev–Trinajstić information content (AvgIpc) is 2.57. The van der Waals surface area contributed by atoms with E-state index in [1.54, 1.807) is 0 Å². The Morgan fingerprint density at radius 2 is 1.83 bits per heavy atom. The van der Waals surface area contributed by atoms with Gasteiger partial charge in [0.2, 0.25) is 0 Å². The highest BCUT2D eigenvalue weighted by Crippen LogP contribution is 2.22. The zero-order chi connectivity index (χ0) is 16.7. The number of hydrogen-bond acceptors (Lipinski definition) is 2. The Bertz CT molecular complexity index is 637. The van der Waals surface area contributed by atoms with Gasteiger partial charge in [0.15, 0.2) is 6.10 Å². The van der Waals surface area contributed by atoms with Gasteiger partial charge in [-0.1, -0.05) is 49.4 Å². The molecule has 2 aromatic rings. The largest absolute Gasteiger partial charge is 0.480 e. The van der Waals surface area contributed by atoms with Gasteiger partial charge < -0.3 is 10.1 Å². The van der Waals surface area contributed by atoms with Crippen LogP contribution in [0.1, 0.15) is 30.0 Å². The molecule has 1 atom stereocenters. The van der Waals surface area contributed by atoms with Crippen LogP contribution in [0.5, 0.6) is 5.75 Å². The standard InChI is InChI=1S/C20H25NO2/c1-4-18(23-19-12-8-9-15(2)16(19)3)20(22)21-14-13-17-10-6-5-7-11-17/h5-12,18H,4,13-14H2,1-3H3,(H,21,22)/t18-/m0/s1. The molecule has 0 radical (unpaired) electrons. The number of nitrogens with one attached hydrogen (secondary N) is 1. The lowest BCUT2D eigenvalue weighted by Gasteiger charge is -2.19. The van der Waals surface area contributed by atoms with Crippen LogP contribution < -0.4 is 10.1 Å². The lowest BCUT2D eigenvalue weighted by atomic mass is 10.1. The van der Waals surface area contributed by atoms with E-state index >= 15 is 0 Å². The van der Waals surface area contributed by atoms with Crippen molar-refractivity contribution < 1.29 is 9.53 Å². The van der Waals surface area contributed by atoms with Crippen LogP contribution in [0.2, 0.25) is 0 Å². The molecule has 3 heteroatoms. The molecule has 2 rings (SSSR count). The predicted octanol–water partition coefficient (Wildman–Crippen LogP) is 3.82. The quantitative estimate of drug-likeness (QED) is 0.844. The molecular weight excluding hydrogens is 286 g/mol. The molecule has 0 spiro atoms. The second-order valence-corrected chi connectivity index (χ2v) is 5.74. The highest BCUT2D eigenvalue weighted by Gasteiger charge is 2.18. The molecular formula is C20H25NO2. The molecule has 122 valence electrons. The molecule has 2 aromatic carbocycles. The second kappa shape index (κ2) is 8.37. The third-order valence-corrected chi connectivity index (χ3v) is 4.04. The first-order valence-corrected chi connectivity index (χ1v) is 8.16. The predicted molar refractivity (Wildman–Crippen MR) is 93.8 cm³/mol. The fraction of sp³-hybridized carbons (Fsp3) is 0.350. The van der Waals surface area contributed by atoms with Gasteiger partial charge in [-0.15, -0.1) is 0 Å². The summed E-state index contributed by atoms with van der Waals surface area (Å²) in [4.78, 5) is 12.3. The number of rotatable bonds is 7. The lowest BCUT2D eigenvalue weighted by molar-refractivity contribution is -0.128. The highest BCUT2D eigenvalue weighted by molar-refractivity contribution is 5.81. The van der Waals surface area contributed by atoms with E-state index in [4.69, 9.17) is 4.74 Å². The van der Waals surface area contributed by atoms with Crippen LogP contribution in [0.3, 0.4) is 0 Å². The van der Waals surface area contributed by atoms with Crippen molar-refractivity contribution in [2.75, 3.05) is 6.54 Å². The molecule has 0 aliphatic heterocycles. The third kappa shape index (κ3) is 4.85. The van der Waals surface area contributed by atoms with Crippen molar-refractivity contribution in [1.29, 1.82) is 0 Å².